The maximum Gasteiger partial charge on any atom is 0.238 e. The lowest BCUT2D eigenvalue weighted by Crippen LogP contribution is -2.42. The van der Waals surface area contributed by atoms with E-state index >= 15 is 0 Å². The Bertz CT molecular complexity index is 609. The van der Waals surface area contributed by atoms with E-state index in [4.69, 9.17) is 0 Å². The van der Waals surface area contributed by atoms with Crippen molar-refractivity contribution >= 4 is 11.6 Å². The number of hydrogen-bond donors (Lipinski definition) is 1. The van der Waals surface area contributed by atoms with E-state index in [1.165, 1.54) is 11.1 Å². The number of carbonyl (C=O) groups is 1. The van der Waals surface area contributed by atoms with Gasteiger partial charge in [0.2, 0.25) is 5.91 Å². The summed E-state index contributed by atoms with van der Waals surface area (Å²) in [5.74, 6) is 0.0441. The van der Waals surface area contributed by atoms with Crippen LogP contribution in [0.5, 0.6) is 0 Å². The number of hydrazine groups is 1. The number of anilines is 1. The van der Waals surface area contributed by atoms with Crippen molar-refractivity contribution in [3.63, 3.8) is 0 Å². The molecule has 2 aromatic carbocycles. The number of nitrogens with one attached hydrogen (secondary N) is 1. The van der Waals surface area contributed by atoms with Gasteiger partial charge < -0.3 is 0 Å². The van der Waals surface area contributed by atoms with Crippen LogP contribution in [0.1, 0.15) is 30.5 Å². The molecular weight excluding hydrogens is 248 g/mol. The molecule has 20 heavy (non-hydrogen) atoms. The van der Waals surface area contributed by atoms with E-state index in [1.807, 2.05) is 42.3 Å². The zero-order valence-electron chi connectivity index (χ0n) is 11.5. The number of nitrogens with zero attached hydrogens (tertiary/aromatic N) is 1. The van der Waals surface area contributed by atoms with Crippen LogP contribution < -0.4 is 10.4 Å². The fourth-order valence-corrected chi connectivity index (χ4v) is 2.68. The van der Waals surface area contributed by atoms with Gasteiger partial charge in [0.25, 0.3) is 0 Å². The molecule has 0 aliphatic carbocycles. The van der Waals surface area contributed by atoms with Gasteiger partial charge in [-0.05, 0) is 17.2 Å². The molecule has 1 heterocycles. The van der Waals surface area contributed by atoms with Crippen molar-refractivity contribution in [2.75, 3.05) is 5.01 Å². The summed E-state index contributed by atoms with van der Waals surface area (Å²) in [6.07, 6.45) is 1.41. The second-order valence-corrected chi connectivity index (χ2v) is 5.02. The lowest BCUT2D eigenvalue weighted by atomic mass is 10.0. The Morgan fingerprint density at radius 3 is 2.60 bits per heavy atom. The normalized spacial score (nSPS) is 16.9. The molecule has 0 fully saturated rings. The molecule has 0 saturated heterocycles. The molecule has 0 unspecified atom stereocenters. The summed E-state index contributed by atoms with van der Waals surface area (Å²) in [6.45, 7) is 1.87. The van der Waals surface area contributed by atoms with Crippen LogP contribution in [0.3, 0.4) is 0 Å². The lowest BCUT2D eigenvalue weighted by Gasteiger charge is -2.28. The lowest BCUT2D eigenvalue weighted by molar-refractivity contribution is -0.121. The first-order chi connectivity index (χ1) is 9.79. The van der Waals surface area contributed by atoms with Crippen molar-refractivity contribution in [2.24, 2.45) is 0 Å². The summed E-state index contributed by atoms with van der Waals surface area (Å²) in [7, 11) is 0. The SMILES string of the molecule is CCC(=O)NN1c2ccccc2C[C@@H]1c1ccccc1. The first-order valence-corrected chi connectivity index (χ1v) is 7.01. The van der Waals surface area contributed by atoms with Crippen LogP contribution in [0.2, 0.25) is 0 Å². The minimum absolute atomic E-state index is 0.0441. The Morgan fingerprint density at radius 1 is 1.15 bits per heavy atom. The van der Waals surface area contributed by atoms with Crippen LogP contribution >= 0.6 is 0 Å². The van der Waals surface area contributed by atoms with Gasteiger partial charge in [0, 0.05) is 12.8 Å². The van der Waals surface area contributed by atoms with Gasteiger partial charge >= 0.3 is 0 Å². The number of benzene rings is 2. The minimum Gasteiger partial charge on any atom is -0.277 e. The highest BCUT2D eigenvalue weighted by atomic mass is 16.2. The second-order valence-electron chi connectivity index (χ2n) is 5.02. The number of para-hydroxylation sites is 1. The Hall–Kier alpha value is -2.29. The second kappa shape index (κ2) is 5.37. The molecule has 3 nitrogen and oxygen atoms in total. The molecule has 1 aliphatic rings. The van der Waals surface area contributed by atoms with E-state index in [9.17, 15) is 4.79 Å². The molecule has 1 N–H and O–H groups in total. The predicted octanol–water partition coefficient (Wildman–Crippen LogP) is 3.23. The molecule has 3 rings (SSSR count). The molecular formula is C17H18N2O. The summed E-state index contributed by atoms with van der Waals surface area (Å²) in [5.41, 5.74) is 6.63. The van der Waals surface area contributed by atoms with E-state index in [1.54, 1.807) is 0 Å². The van der Waals surface area contributed by atoms with Crippen LogP contribution in [0.4, 0.5) is 5.69 Å². The molecule has 3 heteroatoms. The summed E-state index contributed by atoms with van der Waals surface area (Å²) < 4.78 is 0. The van der Waals surface area contributed by atoms with Crippen molar-refractivity contribution in [1.29, 1.82) is 0 Å². The molecule has 0 aromatic heterocycles. The van der Waals surface area contributed by atoms with Crippen molar-refractivity contribution in [3.05, 3.63) is 65.7 Å². The summed E-state index contributed by atoms with van der Waals surface area (Å²) in [5, 5.41) is 2.01. The fourth-order valence-electron chi connectivity index (χ4n) is 2.68. The van der Waals surface area contributed by atoms with Crippen LogP contribution in [0.15, 0.2) is 54.6 Å². The topological polar surface area (TPSA) is 32.3 Å². The maximum absolute atomic E-state index is 11.8. The highest BCUT2D eigenvalue weighted by Crippen LogP contribution is 2.38. The third-order valence-electron chi connectivity index (χ3n) is 3.73. The number of fused-ring (bicyclic) bond motifs is 1. The van der Waals surface area contributed by atoms with Gasteiger partial charge in [0.05, 0.1) is 11.7 Å². The van der Waals surface area contributed by atoms with Gasteiger partial charge in [-0.3, -0.25) is 15.2 Å². The molecule has 1 atom stereocenters. The average molecular weight is 266 g/mol. The largest absolute Gasteiger partial charge is 0.277 e. The standard InChI is InChI=1S/C17H18N2O/c1-2-17(20)18-19-15-11-7-6-10-14(15)12-16(19)13-8-4-3-5-9-13/h3-11,16H,2,12H2,1H3,(H,18,20)/t16-/m1/s1. The van der Waals surface area contributed by atoms with Crippen LogP contribution in [0.25, 0.3) is 0 Å². The Kier molecular flexibility index (Phi) is 3.42. The van der Waals surface area contributed by atoms with Crippen LogP contribution in [0, 0.1) is 0 Å². The third kappa shape index (κ3) is 2.27. The van der Waals surface area contributed by atoms with Crippen molar-refractivity contribution in [2.45, 2.75) is 25.8 Å². The third-order valence-corrected chi connectivity index (χ3v) is 3.73. The van der Waals surface area contributed by atoms with Crippen LogP contribution in [-0.2, 0) is 11.2 Å². The monoisotopic (exact) mass is 266 g/mol. The van der Waals surface area contributed by atoms with E-state index in [-0.39, 0.29) is 11.9 Å². The highest BCUT2D eigenvalue weighted by Gasteiger charge is 2.31. The molecule has 0 spiro atoms. The molecule has 1 aliphatic heterocycles. The van der Waals surface area contributed by atoms with E-state index in [2.05, 4.69) is 29.7 Å². The quantitative estimate of drug-likeness (QED) is 0.925. The van der Waals surface area contributed by atoms with Gasteiger partial charge in [-0.15, -0.1) is 0 Å². The number of hydrogen-bond acceptors (Lipinski definition) is 2. The average Bonchev–Trinajstić information content (AvgIpc) is 2.87. The first kappa shape index (κ1) is 12.7. The molecule has 2 aromatic rings. The minimum atomic E-state index is 0.0441. The van der Waals surface area contributed by atoms with Crippen molar-refractivity contribution in [1.82, 2.24) is 5.43 Å². The molecule has 0 bridgehead atoms. The fraction of sp³-hybridized carbons (Fsp3) is 0.235. The maximum atomic E-state index is 11.8. The molecule has 0 radical (unpaired) electrons. The summed E-state index contributed by atoms with van der Waals surface area (Å²) in [6, 6.07) is 18.7. The Balaban J connectivity index is 1.96. The van der Waals surface area contributed by atoms with Gasteiger partial charge in [0.1, 0.15) is 0 Å². The predicted molar refractivity (Wildman–Crippen MR) is 80.2 cm³/mol. The Morgan fingerprint density at radius 2 is 1.85 bits per heavy atom. The number of carbonyl (C=O) groups excluding carboxylic acids is 1. The van der Waals surface area contributed by atoms with E-state index in [0.29, 0.717) is 6.42 Å². The smallest absolute Gasteiger partial charge is 0.238 e. The zero-order valence-corrected chi connectivity index (χ0v) is 11.5. The van der Waals surface area contributed by atoms with Crippen molar-refractivity contribution < 1.29 is 4.79 Å². The first-order valence-electron chi connectivity index (χ1n) is 7.01. The van der Waals surface area contributed by atoms with E-state index in [0.717, 1.165) is 12.1 Å². The summed E-state index contributed by atoms with van der Waals surface area (Å²) in [4.78, 5) is 11.8. The molecule has 0 saturated carbocycles. The Labute approximate surface area is 119 Å². The van der Waals surface area contributed by atoms with Gasteiger partial charge in [-0.1, -0.05) is 55.5 Å². The van der Waals surface area contributed by atoms with Gasteiger partial charge in [-0.2, -0.15) is 0 Å². The summed E-state index contributed by atoms with van der Waals surface area (Å²) >= 11 is 0. The van der Waals surface area contributed by atoms with Crippen molar-refractivity contribution in [3.8, 4) is 0 Å². The van der Waals surface area contributed by atoms with Gasteiger partial charge in [-0.25, -0.2) is 0 Å². The van der Waals surface area contributed by atoms with Gasteiger partial charge in [0.15, 0.2) is 0 Å². The number of rotatable bonds is 3. The zero-order chi connectivity index (χ0) is 13.9. The highest BCUT2D eigenvalue weighted by molar-refractivity contribution is 5.79. The molecule has 1 amide bonds. The molecule has 102 valence electrons. The van der Waals surface area contributed by atoms with E-state index < -0.39 is 0 Å². The van der Waals surface area contributed by atoms with Crippen LogP contribution in [-0.4, -0.2) is 5.91 Å². The number of amides is 1.